The van der Waals surface area contributed by atoms with Crippen LogP contribution in [-0.2, 0) is 6.42 Å². The normalized spacial score (nSPS) is 11.5. The molecule has 0 bridgehead atoms. The number of carbonyl (C=O) groups is 1. The van der Waals surface area contributed by atoms with Crippen LogP contribution in [-0.4, -0.2) is 9.58 Å². The molecule has 4 heteroatoms. The summed E-state index contributed by atoms with van der Waals surface area (Å²) in [5.74, 6) is -0.484. The minimum absolute atomic E-state index is 0.434. The predicted molar refractivity (Wildman–Crippen MR) is 74.3 cm³/mol. The van der Waals surface area contributed by atoms with Gasteiger partial charge in [-0.1, -0.05) is 78.8 Å². The molecule has 0 aromatic heterocycles. The first-order valence-corrected chi connectivity index (χ1v) is 6.79. The van der Waals surface area contributed by atoms with Crippen molar-refractivity contribution in [2.45, 2.75) is 36.4 Å². The number of halogens is 3. The number of Topliss-reactive ketones (excluding diaryl/α,β-unsaturated/α-hetero) is 1. The number of benzene rings is 1. The van der Waals surface area contributed by atoms with Crippen LogP contribution in [0.3, 0.4) is 0 Å². The van der Waals surface area contributed by atoms with Gasteiger partial charge in [-0.05, 0) is 18.4 Å². The quantitative estimate of drug-likeness (QED) is 0.425. The number of unbranched alkanes of at least 4 members (excludes halogenated alkanes) is 2. The molecular formula is C13H15Cl3O. The fraction of sp³-hybridized carbons (Fsp3) is 0.462. The van der Waals surface area contributed by atoms with Crippen molar-refractivity contribution < 1.29 is 4.79 Å². The highest BCUT2D eigenvalue weighted by Gasteiger charge is 2.31. The lowest BCUT2D eigenvalue weighted by molar-refractivity contribution is 0.0996. The molecule has 0 atom stereocenters. The van der Waals surface area contributed by atoms with Gasteiger partial charge in [0, 0.05) is 5.56 Å². The Morgan fingerprint density at radius 2 is 1.71 bits per heavy atom. The zero-order chi connectivity index (χ0) is 12.9. The summed E-state index contributed by atoms with van der Waals surface area (Å²) in [4.78, 5) is 11.6. The van der Waals surface area contributed by atoms with E-state index in [1.807, 2.05) is 12.1 Å². The molecule has 0 spiro atoms. The zero-order valence-corrected chi connectivity index (χ0v) is 11.9. The van der Waals surface area contributed by atoms with E-state index in [0.29, 0.717) is 5.56 Å². The Balaban J connectivity index is 2.65. The molecule has 94 valence electrons. The second-order valence-corrected chi connectivity index (χ2v) is 6.26. The Morgan fingerprint density at radius 1 is 1.12 bits per heavy atom. The van der Waals surface area contributed by atoms with Gasteiger partial charge in [-0.15, -0.1) is 0 Å². The van der Waals surface area contributed by atoms with E-state index in [2.05, 4.69) is 6.92 Å². The summed E-state index contributed by atoms with van der Waals surface area (Å²) in [6, 6.07) is 7.26. The van der Waals surface area contributed by atoms with Gasteiger partial charge in [-0.3, -0.25) is 4.79 Å². The Morgan fingerprint density at radius 3 is 2.18 bits per heavy atom. The first kappa shape index (κ1) is 14.8. The van der Waals surface area contributed by atoms with Crippen molar-refractivity contribution >= 4 is 40.6 Å². The molecule has 0 aliphatic heterocycles. The van der Waals surface area contributed by atoms with E-state index < -0.39 is 9.58 Å². The summed E-state index contributed by atoms with van der Waals surface area (Å²) in [5.41, 5.74) is 1.64. The van der Waals surface area contributed by atoms with Gasteiger partial charge in [0.2, 0.25) is 5.78 Å². The van der Waals surface area contributed by atoms with E-state index in [0.717, 1.165) is 12.8 Å². The standard InChI is InChI=1S/C13H15Cl3O/c1-2-3-4-5-10-6-8-11(9-7-10)12(17)13(14,15)16/h6-9H,2-5H2,1H3. The van der Waals surface area contributed by atoms with Crippen molar-refractivity contribution in [1.29, 1.82) is 0 Å². The van der Waals surface area contributed by atoms with Gasteiger partial charge in [0.05, 0.1) is 0 Å². The maximum Gasteiger partial charge on any atom is 0.253 e. The minimum atomic E-state index is -1.87. The van der Waals surface area contributed by atoms with Crippen molar-refractivity contribution in [2.24, 2.45) is 0 Å². The summed E-state index contributed by atoms with van der Waals surface area (Å²) in [6.45, 7) is 2.17. The third-order valence-corrected chi connectivity index (χ3v) is 3.06. The van der Waals surface area contributed by atoms with Gasteiger partial charge in [0.15, 0.2) is 0 Å². The summed E-state index contributed by atoms with van der Waals surface area (Å²) in [6.07, 6.45) is 4.60. The van der Waals surface area contributed by atoms with Gasteiger partial charge in [-0.25, -0.2) is 0 Å². The highest BCUT2D eigenvalue weighted by Crippen LogP contribution is 2.30. The fourth-order valence-electron chi connectivity index (χ4n) is 1.57. The third kappa shape index (κ3) is 4.87. The number of ketones is 1. The van der Waals surface area contributed by atoms with Gasteiger partial charge in [0.1, 0.15) is 0 Å². The van der Waals surface area contributed by atoms with E-state index in [-0.39, 0.29) is 0 Å². The number of hydrogen-bond acceptors (Lipinski definition) is 1. The van der Waals surface area contributed by atoms with Crippen molar-refractivity contribution in [3.63, 3.8) is 0 Å². The van der Waals surface area contributed by atoms with E-state index in [1.165, 1.54) is 18.4 Å². The van der Waals surface area contributed by atoms with Crippen LogP contribution in [0.5, 0.6) is 0 Å². The second-order valence-electron chi connectivity index (χ2n) is 3.98. The van der Waals surface area contributed by atoms with Crippen LogP contribution in [0.2, 0.25) is 0 Å². The first-order valence-electron chi connectivity index (χ1n) is 5.65. The molecule has 0 aliphatic rings. The molecular weight excluding hydrogens is 279 g/mol. The molecule has 1 aromatic carbocycles. The molecule has 0 saturated carbocycles. The summed E-state index contributed by atoms with van der Waals surface area (Å²) >= 11 is 16.6. The predicted octanol–water partition coefficient (Wildman–Crippen LogP) is 4.97. The first-order chi connectivity index (χ1) is 7.95. The van der Waals surface area contributed by atoms with Crippen LogP contribution in [0, 0.1) is 0 Å². The molecule has 1 nitrogen and oxygen atoms in total. The lowest BCUT2D eigenvalue weighted by Gasteiger charge is -2.09. The third-order valence-electron chi connectivity index (χ3n) is 2.54. The lowest BCUT2D eigenvalue weighted by Crippen LogP contribution is -2.18. The van der Waals surface area contributed by atoms with Crippen molar-refractivity contribution in [2.75, 3.05) is 0 Å². The average Bonchev–Trinajstić information content (AvgIpc) is 2.28. The average molecular weight is 294 g/mol. The topological polar surface area (TPSA) is 17.1 Å². The van der Waals surface area contributed by atoms with Gasteiger partial charge < -0.3 is 0 Å². The van der Waals surface area contributed by atoms with Crippen LogP contribution in [0.1, 0.15) is 42.1 Å². The number of aryl methyl sites for hydroxylation is 1. The smallest absolute Gasteiger partial charge is 0.253 e. The van der Waals surface area contributed by atoms with Crippen LogP contribution in [0.25, 0.3) is 0 Å². The molecule has 17 heavy (non-hydrogen) atoms. The highest BCUT2D eigenvalue weighted by molar-refractivity contribution is 6.77. The monoisotopic (exact) mass is 292 g/mol. The van der Waals surface area contributed by atoms with Crippen LogP contribution < -0.4 is 0 Å². The molecule has 0 N–H and O–H groups in total. The maximum atomic E-state index is 11.6. The fourth-order valence-corrected chi connectivity index (χ4v) is 1.89. The summed E-state index contributed by atoms with van der Waals surface area (Å²) in [7, 11) is 0. The van der Waals surface area contributed by atoms with Crippen molar-refractivity contribution in [3.05, 3.63) is 35.4 Å². The van der Waals surface area contributed by atoms with Gasteiger partial charge >= 0.3 is 0 Å². The van der Waals surface area contributed by atoms with Crippen LogP contribution >= 0.6 is 34.8 Å². The second kappa shape index (κ2) is 6.63. The number of alkyl halides is 3. The molecule has 0 aliphatic carbocycles. The molecule has 0 unspecified atom stereocenters. The number of carbonyl (C=O) groups excluding carboxylic acids is 1. The van der Waals surface area contributed by atoms with E-state index >= 15 is 0 Å². The minimum Gasteiger partial charge on any atom is -0.289 e. The Hall–Kier alpha value is -0.240. The highest BCUT2D eigenvalue weighted by atomic mass is 35.6. The molecule has 0 radical (unpaired) electrons. The Labute approximate surface area is 117 Å². The van der Waals surface area contributed by atoms with Crippen LogP contribution in [0.4, 0.5) is 0 Å². The molecule has 0 saturated heterocycles. The molecule has 1 aromatic rings. The molecule has 1 rings (SSSR count). The van der Waals surface area contributed by atoms with Crippen LogP contribution in [0.15, 0.2) is 24.3 Å². The molecule has 0 heterocycles. The molecule has 0 fully saturated rings. The summed E-state index contributed by atoms with van der Waals surface area (Å²) in [5, 5.41) is 0. The number of rotatable bonds is 5. The SMILES string of the molecule is CCCCCc1ccc(C(=O)C(Cl)(Cl)Cl)cc1. The zero-order valence-electron chi connectivity index (χ0n) is 9.68. The molecule has 0 amide bonds. The Kier molecular flexibility index (Phi) is 5.78. The van der Waals surface area contributed by atoms with Crippen molar-refractivity contribution in [3.8, 4) is 0 Å². The summed E-state index contributed by atoms with van der Waals surface area (Å²) < 4.78 is -1.87. The maximum absolute atomic E-state index is 11.6. The number of hydrogen-bond donors (Lipinski definition) is 0. The Bertz CT molecular complexity index is 365. The van der Waals surface area contributed by atoms with E-state index in [9.17, 15) is 4.79 Å². The van der Waals surface area contributed by atoms with E-state index in [1.54, 1.807) is 12.1 Å². The lowest BCUT2D eigenvalue weighted by atomic mass is 10.0. The van der Waals surface area contributed by atoms with Gasteiger partial charge in [0.25, 0.3) is 3.79 Å². The van der Waals surface area contributed by atoms with Crippen molar-refractivity contribution in [1.82, 2.24) is 0 Å². The largest absolute Gasteiger partial charge is 0.289 e. The van der Waals surface area contributed by atoms with Gasteiger partial charge in [-0.2, -0.15) is 0 Å². The van der Waals surface area contributed by atoms with E-state index in [4.69, 9.17) is 34.8 Å².